The van der Waals surface area contributed by atoms with E-state index >= 15 is 0 Å². The van der Waals surface area contributed by atoms with Crippen molar-refractivity contribution in [3.05, 3.63) is 11.3 Å². The zero-order valence-corrected chi connectivity index (χ0v) is 7.23. The maximum absolute atomic E-state index is 12.8. The number of nitrogens with zero attached hydrogens (tertiary/aromatic N) is 2. The number of halogens is 2. The van der Waals surface area contributed by atoms with Crippen molar-refractivity contribution in [1.29, 1.82) is 0 Å². The van der Waals surface area contributed by atoms with Gasteiger partial charge in [-0.3, -0.25) is 4.68 Å². The quantitative estimate of drug-likeness (QED) is 0.701. The van der Waals surface area contributed by atoms with Gasteiger partial charge in [-0.05, 0) is 6.92 Å². The minimum atomic E-state index is -2.92. The van der Waals surface area contributed by atoms with Gasteiger partial charge in [-0.15, -0.1) is 0 Å². The summed E-state index contributed by atoms with van der Waals surface area (Å²) < 4.78 is 26.8. The van der Waals surface area contributed by atoms with Crippen LogP contribution in [0.1, 0.15) is 18.2 Å². The van der Waals surface area contributed by atoms with E-state index in [2.05, 4.69) is 5.10 Å². The van der Waals surface area contributed by atoms with Crippen LogP contribution < -0.4 is 5.73 Å². The normalized spacial score (nSPS) is 12.1. The molecule has 0 aliphatic heterocycles. The van der Waals surface area contributed by atoms with Gasteiger partial charge >= 0.3 is 0 Å². The van der Waals surface area contributed by atoms with E-state index in [9.17, 15) is 8.78 Å². The average molecular weight is 175 g/mol. The second-order valence-corrected chi connectivity index (χ2v) is 2.87. The van der Waals surface area contributed by atoms with Gasteiger partial charge < -0.3 is 5.73 Å². The molecule has 0 aliphatic carbocycles. The largest absolute Gasteiger partial charge is 0.384 e. The molecule has 1 aromatic rings. The maximum atomic E-state index is 12.8. The fourth-order valence-corrected chi connectivity index (χ4v) is 1.06. The van der Waals surface area contributed by atoms with Crippen molar-refractivity contribution in [3.63, 3.8) is 0 Å². The Morgan fingerprint density at radius 2 is 2.00 bits per heavy atom. The van der Waals surface area contributed by atoms with E-state index in [-0.39, 0.29) is 11.5 Å². The van der Waals surface area contributed by atoms with Gasteiger partial charge in [0.15, 0.2) is 0 Å². The molecule has 0 fully saturated rings. The number of hydrogen-bond acceptors (Lipinski definition) is 2. The Labute approximate surface area is 69.2 Å². The molecule has 68 valence electrons. The minimum Gasteiger partial charge on any atom is -0.384 e. The zero-order valence-electron chi connectivity index (χ0n) is 7.23. The van der Waals surface area contributed by atoms with Crippen LogP contribution >= 0.6 is 0 Å². The third-order valence-corrected chi connectivity index (χ3v) is 1.75. The molecule has 0 radical (unpaired) electrons. The number of aryl methyl sites for hydroxylation is 1. The van der Waals surface area contributed by atoms with Gasteiger partial charge in [0.2, 0.25) is 0 Å². The van der Waals surface area contributed by atoms with Gasteiger partial charge in [-0.1, -0.05) is 0 Å². The molecule has 0 saturated carbocycles. The monoisotopic (exact) mass is 175 g/mol. The van der Waals surface area contributed by atoms with Gasteiger partial charge in [-0.2, -0.15) is 13.9 Å². The summed E-state index contributed by atoms with van der Waals surface area (Å²) >= 11 is 0. The highest BCUT2D eigenvalue weighted by Crippen LogP contribution is 2.30. The molecule has 0 saturated heterocycles. The van der Waals surface area contributed by atoms with E-state index in [1.807, 2.05) is 0 Å². The van der Waals surface area contributed by atoms with E-state index in [1.165, 1.54) is 18.7 Å². The summed E-state index contributed by atoms with van der Waals surface area (Å²) in [5.74, 6) is -2.63. The summed E-state index contributed by atoms with van der Waals surface area (Å²) in [6, 6.07) is 0. The Morgan fingerprint density at radius 3 is 2.17 bits per heavy atom. The standard InChI is InChI=1S/C7H11F2N3/c1-4-5(7(2,8)9)11-12(3)6(4)10/h10H2,1-3H3. The summed E-state index contributed by atoms with van der Waals surface area (Å²) in [5, 5.41) is 3.62. The lowest BCUT2D eigenvalue weighted by atomic mass is 10.2. The van der Waals surface area contributed by atoms with Crippen molar-refractivity contribution >= 4 is 5.82 Å². The Hall–Kier alpha value is -1.13. The highest BCUT2D eigenvalue weighted by molar-refractivity contribution is 5.43. The molecule has 12 heavy (non-hydrogen) atoms. The zero-order chi connectivity index (χ0) is 9.52. The molecule has 2 N–H and O–H groups in total. The highest BCUT2D eigenvalue weighted by atomic mass is 19.3. The van der Waals surface area contributed by atoms with Crippen LogP contribution in [0.25, 0.3) is 0 Å². The Kier molecular flexibility index (Phi) is 1.82. The van der Waals surface area contributed by atoms with E-state index in [0.717, 1.165) is 6.92 Å². The Balaban J connectivity index is 3.28. The van der Waals surface area contributed by atoms with Crippen LogP contribution in [0.2, 0.25) is 0 Å². The molecule has 0 unspecified atom stereocenters. The molecule has 0 amide bonds. The fourth-order valence-electron chi connectivity index (χ4n) is 1.06. The van der Waals surface area contributed by atoms with Crippen molar-refractivity contribution in [3.8, 4) is 0 Å². The summed E-state index contributed by atoms with van der Waals surface area (Å²) in [6.07, 6.45) is 0. The molecule has 0 aromatic carbocycles. The predicted molar refractivity (Wildman–Crippen MR) is 41.9 cm³/mol. The maximum Gasteiger partial charge on any atom is 0.289 e. The number of rotatable bonds is 1. The summed E-state index contributed by atoms with van der Waals surface area (Å²) in [7, 11) is 1.54. The molecular weight excluding hydrogens is 164 g/mol. The molecule has 1 aromatic heterocycles. The topological polar surface area (TPSA) is 43.8 Å². The molecule has 0 bridgehead atoms. The van der Waals surface area contributed by atoms with Crippen LogP contribution in [0.3, 0.4) is 0 Å². The van der Waals surface area contributed by atoms with E-state index in [4.69, 9.17) is 5.73 Å². The van der Waals surface area contributed by atoms with Crippen LogP contribution in [0, 0.1) is 6.92 Å². The van der Waals surface area contributed by atoms with Crippen LogP contribution in [0.15, 0.2) is 0 Å². The van der Waals surface area contributed by atoms with Crippen LogP contribution in [-0.4, -0.2) is 9.78 Å². The summed E-state index contributed by atoms with van der Waals surface area (Å²) in [5.41, 5.74) is 5.57. The third kappa shape index (κ3) is 1.26. The van der Waals surface area contributed by atoms with E-state index in [0.29, 0.717) is 5.56 Å². The number of anilines is 1. The second-order valence-electron chi connectivity index (χ2n) is 2.87. The molecule has 5 heteroatoms. The van der Waals surface area contributed by atoms with Gasteiger partial charge in [0.1, 0.15) is 11.5 Å². The smallest absolute Gasteiger partial charge is 0.289 e. The average Bonchev–Trinajstić information content (AvgIpc) is 2.15. The predicted octanol–water partition coefficient (Wildman–Crippen LogP) is 1.42. The van der Waals surface area contributed by atoms with Crippen molar-refractivity contribution in [2.24, 2.45) is 7.05 Å². The van der Waals surface area contributed by atoms with Gasteiger partial charge in [0, 0.05) is 19.5 Å². The lowest BCUT2D eigenvalue weighted by molar-refractivity contribution is 0.0116. The number of nitrogens with two attached hydrogens (primary N) is 1. The number of aromatic nitrogens is 2. The first kappa shape index (κ1) is 8.96. The molecule has 3 nitrogen and oxygen atoms in total. The lowest BCUT2D eigenvalue weighted by Crippen LogP contribution is -2.09. The first-order chi connectivity index (χ1) is 5.34. The summed E-state index contributed by atoms with van der Waals surface area (Å²) in [4.78, 5) is 0. The first-order valence-corrected chi connectivity index (χ1v) is 3.51. The van der Waals surface area contributed by atoms with Crippen LogP contribution in [0.5, 0.6) is 0 Å². The first-order valence-electron chi connectivity index (χ1n) is 3.51. The van der Waals surface area contributed by atoms with E-state index in [1.54, 1.807) is 0 Å². The number of hydrogen-bond donors (Lipinski definition) is 1. The van der Waals surface area contributed by atoms with Crippen molar-refractivity contribution < 1.29 is 8.78 Å². The van der Waals surface area contributed by atoms with Gasteiger partial charge in [-0.25, -0.2) is 0 Å². The SMILES string of the molecule is Cc1c(C(C)(F)F)nn(C)c1N. The fraction of sp³-hybridized carbons (Fsp3) is 0.571. The third-order valence-electron chi connectivity index (χ3n) is 1.75. The van der Waals surface area contributed by atoms with Crippen molar-refractivity contribution in [1.82, 2.24) is 9.78 Å². The molecule has 0 atom stereocenters. The lowest BCUT2D eigenvalue weighted by Gasteiger charge is -2.06. The van der Waals surface area contributed by atoms with Crippen LogP contribution in [0.4, 0.5) is 14.6 Å². The molecular formula is C7H11F2N3. The summed E-state index contributed by atoms with van der Waals surface area (Å²) in [6.45, 7) is 2.34. The Bertz CT molecular complexity index is 298. The highest BCUT2D eigenvalue weighted by Gasteiger charge is 2.31. The van der Waals surface area contributed by atoms with Gasteiger partial charge in [0.25, 0.3) is 5.92 Å². The molecule has 1 heterocycles. The molecule has 1 rings (SSSR count). The number of nitrogen functional groups attached to an aromatic ring is 1. The Morgan fingerprint density at radius 1 is 1.50 bits per heavy atom. The van der Waals surface area contributed by atoms with Gasteiger partial charge in [0.05, 0.1) is 0 Å². The van der Waals surface area contributed by atoms with E-state index < -0.39 is 5.92 Å². The second kappa shape index (κ2) is 2.43. The number of alkyl halides is 2. The van der Waals surface area contributed by atoms with Crippen molar-refractivity contribution in [2.75, 3.05) is 5.73 Å². The minimum absolute atomic E-state index is 0.248. The molecule has 0 aliphatic rings. The van der Waals surface area contributed by atoms with Crippen LogP contribution in [-0.2, 0) is 13.0 Å². The molecule has 0 spiro atoms. The van der Waals surface area contributed by atoms with Crippen molar-refractivity contribution in [2.45, 2.75) is 19.8 Å².